The fraction of sp³-hybridized carbons (Fsp3) is 0.286. The molecule has 2 rings (SSSR count). The third kappa shape index (κ3) is 3.35. The van der Waals surface area contributed by atoms with Crippen LogP contribution in [0.4, 0.5) is 0 Å². The largest absolute Gasteiger partial charge is 0.312 e. The summed E-state index contributed by atoms with van der Waals surface area (Å²) in [5.74, 6) is 0. The van der Waals surface area contributed by atoms with Gasteiger partial charge in [0.05, 0.1) is 0 Å². The van der Waals surface area contributed by atoms with Crippen molar-refractivity contribution in [1.82, 2.24) is 5.32 Å². The molecule has 2 aromatic rings. The highest BCUT2D eigenvalue weighted by Crippen LogP contribution is 2.29. The first kappa shape index (κ1) is 14.1. The molecule has 0 radical (unpaired) electrons. The predicted octanol–water partition coefficient (Wildman–Crippen LogP) is 4.98. The van der Waals surface area contributed by atoms with Gasteiger partial charge in [-0.15, -0.1) is 11.3 Å². The summed E-state index contributed by atoms with van der Waals surface area (Å²) in [6, 6.07) is 10.7. The summed E-state index contributed by atoms with van der Waals surface area (Å²) in [5, 5.41) is 4.18. The zero-order valence-electron chi connectivity index (χ0n) is 10.3. The topological polar surface area (TPSA) is 12.0 Å². The molecule has 1 aromatic heterocycles. The minimum absolute atomic E-state index is 0.322. The maximum absolute atomic E-state index is 6.27. The zero-order chi connectivity index (χ0) is 13.1. The predicted molar refractivity (Wildman–Crippen MR) is 83.7 cm³/mol. The number of rotatable bonds is 4. The summed E-state index contributed by atoms with van der Waals surface area (Å²) in [5.41, 5.74) is 1.17. The van der Waals surface area contributed by atoms with Crippen molar-refractivity contribution in [3.63, 3.8) is 0 Å². The van der Waals surface area contributed by atoms with Crippen LogP contribution in [-0.2, 0) is 6.42 Å². The lowest BCUT2D eigenvalue weighted by atomic mass is 10.0. The number of likely N-dealkylation sites (N-methyl/N-ethyl adjacent to an activating group) is 1. The van der Waals surface area contributed by atoms with Gasteiger partial charge in [-0.25, -0.2) is 0 Å². The Balaban J connectivity index is 2.20. The third-order valence-electron chi connectivity index (χ3n) is 2.89. The van der Waals surface area contributed by atoms with Crippen LogP contribution in [0.3, 0.4) is 0 Å². The van der Waals surface area contributed by atoms with E-state index in [1.807, 2.05) is 30.5 Å². The van der Waals surface area contributed by atoms with Gasteiger partial charge in [-0.3, -0.25) is 0 Å². The Morgan fingerprint density at radius 3 is 2.67 bits per heavy atom. The molecule has 4 heteroatoms. The molecule has 1 nitrogen and oxygen atoms in total. The van der Waals surface area contributed by atoms with Crippen LogP contribution in [0.25, 0.3) is 0 Å². The molecular formula is C14H15BrClNS. The second-order valence-electron chi connectivity index (χ2n) is 4.23. The summed E-state index contributed by atoms with van der Waals surface area (Å²) in [4.78, 5) is 2.70. The van der Waals surface area contributed by atoms with E-state index < -0.39 is 0 Å². The second-order valence-corrected chi connectivity index (χ2v) is 6.87. The van der Waals surface area contributed by atoms with Gasteiger partial charge < -0.3 is 5.32 Å². The zero-order valence-corrected chi connectivity index (χ0v) is 13.5. The van der Waals surface area contributed by atoms with Gasteiger partial charge in [0.1, 0.15) is 0 Å². The quantitative estimate of drug-likeness (QED) is 0.825. The van der Waals surface area contributed by atoms with Gasteiger partial charge in [-0.2, -0.15) is 0 Å². The molecule has 0 spiro atoms. The number of benzene rings is 1. The van der Waals surface area contributed by atoms with Crippen LogP contribution in [-0.4, -0.2) is 7.05 Å². The second kappa shape index (κ2) is 6.20. The Morgan fingerprint density at radius 2 is 2.11 bits per heavy atom. The van der Waals surface area contributed by atoms with Crippen molar-refractivity contribution >= 4 is 38.9 Å². The molecule has 0 bridgehead atoms. The minimum Gasteiger partial charge on any atom is -0.312 e. The van der Waals surface area contributed by atoms with Crippen molar-refractivity contribution in [3.05, 3.63) is 55.1 Å². The molecule has 1 atom stereocenters. The SMILES string of the molecule is CNC(Cc1ccc(Br)cc1Cl)c1ccc(C)s1. The minimum atomic E-state index is 0.322. The van der Waals surface area contributed by atoms with Crippen molar-refractivity contribution in [2.75, 3.05) is 7.05 Å². The Bertz CT molecular complexity index is 538. The van der Waals surface area contributed by atoms with Gasteiger partial charge in [0.2, 0.25) is 0 Å². The van der Waals surface area contributed by atoms with E-state index in [1.54, 1.807) is 0 Å². The molecule has 0 aliphatic carbocycles. The lowest BCUT2D eigenvalue weighted by Crippen LogP contribution is -2.17. The van der Waals surface area contributed by atoms with E-state index >= 15 is 0 Å². The van der Waals surface area contributed by atoms with E-state index in [9.17, 15) is 0 Å². The molecule has 0 amide bonds. The summed E-state index contributed by atoms with van der Waals surface area (Å²) in [6.07, 6.45) is 0.905. The van der Waals surface area contributed by atoms with Crippen LogP contribution in [0.1, 0.15) is 21.4 Å². The fourth-order valence-electron chi connectivity index (χ4n) is 1.89. The number of thiophene rings is 1. The maximum atomic E-state index is 6.27. The summed E-state index contributed by atoms with van der Waals surface area (Å²) in [6.45, 7) is 2.13. The van der Waals surface area contributed by atoms with Crippen LogP contribution < -0.4 is 5.32 Å². The molecule has 0 saturated carbocycles. The number of halogens is 2. The highest BCUT2D eigenvalue weighted by atomic mass is 79.9. The van der Waals surface area contributed by atoms with Crippen molar-refractivity contribution in [2.24, 2.45) is 0 Å². The van der Waals surface area contributed by atoms with E-state index in [-0.39, 0.29) is 0 Å². The molecule has 1 heterocycles. The monoisotopic (exact) mass is 343 g/mol. The fourth-order valence-corrected chi connectivity index (χ4v) is 3.63. The highest BCUT2D eigenvalue weighted by molar-refractivity contribution is 9.10. The van der Waals surface area contributed by atoms with Gasteiger partial charge in [-0.1, -0.05) is 33.6 Å². The first-order valence-corrected chi connectivity index (χ1v) is 7.76. The molecule has 1 unspecified atom stereocenters. The first-order valence-electron chi connectivity index (χ1n) is 5.77. The normalized spacial score (nSPS) is 12.7. The van der Waals surface area contributed by atoms with E-state index in [2.05, 4.69) is 46.4 Å². The standard InChI is InChI=1S/C14H15BrClNS/c1-9-3-6-14(18-9)13(17-2)7-10-4-5-11(15)8-12(10)16/h3-6,8,13,17H,7H2,1-2H3. The summed E-state index contributed by atoms with van der Waals surface area (Å²) < 4.78 is 1.02. The van der Waals surface area contributed by atoms with Crippen molar-refractivity contribution < 1.29 is 0 Å². The molecular weight excluding hydrogens is 330 g/mol. The average molecular weight is 345 g/mol. The maximum Gasteiger partial charge on any atom is 0.0453 e. The van der Waals surface area contributed by atoms with E-state index in [4.69, 9.17) is 11.6 Å². The lowest BCUT2D eigenvalue weighted by molar-refractivity contribution is 0.602. The van der Waals surface area contributed by atoms with Gasteiger partial charge >= 0.3 is 0 Å². The van der Waals surface area contributed by atoms with Crippen molar-refractivity contribution in [2.45, 2.75) is 19.4 Å². The smallest absolute Gasteiger partial charge is 0.0453 e. The molecule has 96 valence electrons. The molecule has 0 aliphatic rings. The van der Waals surface area contributed by atoms with Gasteiger partial charge in [-0.05, 0) is 50.2 Å². The van der Waals surface area contributed by atoms with E-state index in [1.165, 1.54) is 15.3 Å². The van der Waals surface area contributed by atoms with Crippen LogP contribution in [0, 0.1) is 6.92 Å². The van der Waals surface area contributed by atoms with Crippen LogP contribution in [0.5, 0.6) is 0 Å². The molecule has 18 heavy (non-hydrogen) atoms. The van der Waals surface area contributed by atoms with Gasteiger partial charge in [0.25, 0.3) is 0 Å². The van der Waals surface area contributed by atoms with Crippen molar-refractivity contribution in [3.8, 4) is 0 Å². The summed E-state index contributed by atoms with van der Waals surface area (Å²) in [7, 11) is 1.99. The van der Waals surface area contributed by atoms with E-state index in [0.29, 0.717) is 6.04 Å². The number of hydrogen-bond donors (Lipinski definition) is 1. The van der Waals surface area contributed by atoms with Crippen molar-refractivity contribution in [1.29, 1.82) is 0 Å². The number of nitrogens with one attached hydrogen (secondary N) is 1. The third-order valence-corrected chi connectivity index (χ3v) is 4.85. The Labute approximate surface area is 125 Å². The van der Waals surface area contributed by atoms with Crippen LogP contribution >= 0.6 is 38.9 Å². The Morgan fingerprint density at radius 1 is 1.33 bits per heavy atom. The molecule has 1 N–H and O–H groups in total. The lowest BCUT2D eigenvalue weighted by Gasteiger charge is -2.15. The van der Waals surface area contributed by atoms with E-state index in [0.717, 1.165) is 15.9 Å². The first-order chi connectivity index (χ1) is 8.60. The van der Waals surface area contributed by atoms with Crippen LogP contribution in [0.15, 0.2) is 34.8 Å². The highest BCUT2D eigenvalue weighted by Gasteiger charge is 2.13. The number of aryl methyl sites for hydroxylation is 1. The average Bonchev–Trinajstić information content (AvgIpc) is 2.75. The molecule has 1 aromatic carbocycles. The van der Waals surface area contributed by atoms with Gasteiger partial charge in [0.15, 0.2) is 0 Å². The summed E-state index contributed by atoms with van der Waals surface area (Å²) >= 11 is 11.5. The Kier molecular flexibility index (Phi) is 4.84. The molecule has 0 fully saturated rings. The van der Waals surface area contributed by atoms with Crippen LogP contribution in [0.2, 0.25) is 5.02 Å². The Hall–Kier alpha value is -0.350. The van der Waals surface area contributed by atoms with Gasteiger partial charge in [0, 0.05) is 25.3 Å². The number of hydrogen-bond acceptors (Lipinski definition) is 2. The molecule has 0 aliphatic heterocycles. The molecule has 0 saturated heterocycles.